The molecule has 0 saturated heterocycles. The Morgan fingerprint density at radius 1 is 1.24 bits per heavy atom. The van der Waals surface area contributed by atoms with Gasteiger partial charge in [0.1, 0.15) is 5.75 Å². The van der Waals surface area contributed by atoms with Gasteiger partial charge < -0.3 is 15.2 Å². The van der Waals surface area contributed by atoms with Gasteiger partial charge in [0.2, 0.25) is 0 Å². The van der Waals surface area contributed by atoms with Crippen LogP contribution in [0.3, 0.4) is 0 Å². The van der Waals surface area contributed by atoms with Crippen LogP contribution in [0.1, 0.15) is 38.9 Å². The van der Waals surface area contributed by atoms with Crippen LogP contribution in [-0.2, 0) is 0 Å². The number of ether oxygens (including phenoxy) is 1. The first-order valence-corrected chi connectivity index (χ1v) is 6.92. The minimum Gasteiger partial charge on any atom is -0.491 e. The van der Waals surface area contributed by atoms with Crippen LogP contribution >= 0.6 is 0 Å². The Morgan fingerprint density at radius 2 is 1.90 bits per heavy atom. The lowest BCUT2D eigenvalue weighted by Crippen LogP contribution is -2.34. The van der Waals surface area contributed by atoms with Crippen LogP contribution in [0.5, 0.6) is 5.75 Å². The Kier molecular flexibility index (Phi) is 6.48. The molecule has 2 unspecified atom stereocenters. The summed E-state index contributed by atoms with van der Waals surface area (Å²) in [4.78, 5) is 0. The van der Waals surface area contributed by atoms with Crippen molar-refractivity contribution in [3.8, 4) is 5.75 Å². The standard InChI is InChI=1S/C15H22F3NO2/c1-10(2)21-13-6-4-5-12(7-13)14(20)9-19-11(3)8-15(16,17)18/h4-7,10-11,14,19-20H,8-9H2,1-3H3. The van der Waals surface area contributed by atoms with E-state index in [9.17, 15) is 18.3 Å². The highest BCUT2D eigenvalue weighted by Crippen LogP contribution is 2.22. The van der Waals surface area contributed by atoms with E-state index in [0.717, 1.165) is 0 Å². The lowest BCUT2D eigenvalue weighted by molar-refractivity contribution is -0.139. The topological polar surface area (TPSA) is 41.5 Å². The molecule has 21 heavy (non-hydrogen) atoms. The maximum Gasteiger partial charge on any atom is 0.390 e. The first-order valence-electron chi connectivity index (χ1n) is 6.92. The Hall–Kier alpha value is -1.27. The minimum atomic E-state index is -4.21. The van der Waals surface area contributed by atoms with Crippen LogP contribution < -0.4 is 10.1 Å². The molecule has 0 radical (unpaired) electrons. The first-order chi connectivity index (χ1) is 9.67. The van der Waals surface area contributed by atoms with Gasteiger partial charge in [0, 0.05) is 12.6 Å². The molecule has 0 aliphatic carbocycles. The number of benzene rings is 1. The molecule has 3 nitrogen and oxygen atoms in total. The third-order valence-corrected chi connectivity index (χ3v) is 2.81. The molecule has 0 aliphatic heterocycles. The summed E-state index contributed by atoms with van der Waals surface area (Å²) in [6.45, 7) is 5.29. The number of aliphatic hydroxyl groups excluding tert-OH is 1. The lowest BCUT2D eigenvalue weighted by Gasteiger charge is -2.19. The van der Waals surface area contributed by atoms with Gasteiger partial charge in [-0.25, -0.2) is 0 Å². The fourth-order valence-corrected chi connectivity index (χ4v) is 1.92. The Balaban J connectivity index is 2.53. The maximum atomic E-state index is 12.2. The van der Waals surface area contributed by atoms with Crippen LogP contribution in [0.2, 0.25) is 0 Å². The smallest absolute Gasteiger partial charge is 0.390 e. The van der Waals surface area contributed by atoms with Crippen molar-refractivity contribution >= 4 is 0 Å². The van der Waals surface area contributed by atoms with Gasteiger partial charge in [-0.05, 0) is 38.5 Å². The summed E-state index contributed by atoms with van der Waals surface area (Å²) in [5.41, 5.74) is 0.611. The van der Waals surface area contributed by atoms with Gasteiger partial charge in [-0.3, -0.25) is 0 Å². The third kappa shape index (κ3) is 7.34. The Labute approximate surface area is 123 Å². The van der Waals surface area contributed by atoms with E-state index in [1.54, 1.807) is 24.3 Å². The highest BCUT2D eigenvalue weighted by Gasteiger charge is 2.29. The SMILES string of the molecule is CC(CC(F)(F)F)NCC(O)c1cccc(OC(C)C)c1. The van der Waals surface area contributed by atoms with Crippen LogP contribution in [-0.4, -0.2) is 30.0 Å². The van der Waals surface area contributed by atoms with E-state index in [-0.39, 0.29) is 12.6 Å². The molecule has 0 aromatic heterocycles. The van der Waals surface area contributed by atoms with Crippen molar-refractivity contribution in [2.24, 2.45) is 0 Å². The van der Waals surface area contributed by atoms with Gasteiger partial charge in [0.05, 0.1) is 18.6 Å². The Bertz CT molecular complexity index is 435. The number of hydrogen-bond donors (Lipinski definition) is 2. The maximum absolute atomic E-state index is 12.2. The first kappa shape index (κ1) is 17.8. The highest BCUT2D eigenvalue weighted by molar-refractivity contribution is 5.30. The van der Waals surface area contributed by atoms with Gasteiger partial charge in [-0.15, -0.1) is 0 Å². The normalized spacial score (nSPS) is 15.0. The number of rotatable bonds is 7. The van der Waals surface area contributed by atoms with Crippen molar-refractivity contribution in [2.75, 3.05) is 6.54 Å². The molecule has 6 heteroatoms. The molecule has 1 aromatic carbocycles. The molecule has 1 aromatic rings. The molecule has 0 spiro atoms. The summed E-state index contributed by atoms with van der Waals surface area (Å²) >= 11 is 0. The number of hydrogen-bond acceptors (Lipinski definition) is 3. The summed E-state index contributed by atoms with van der Waals surface area (Å²) in [6.07, 6.45) is -5.99. The summed E-state index contributed by atoms with van der Waals surface area (Å²) in [6, 6.07) is 6.19. The molecule has 0 bridgehead atoms. The van der Waals surface area contributed by atoms with Gasteiger partial charge in [-0.1, -0.05) is 12.1 Å². The monoisotopic (exact) mass is 305 g/mol. The predicted molar refractivity (Wildman–Crippen MR) is 75.3 cm³/mol. The number of alkyl halides is 3. The van der Waals surface area contributed by atoms with Crippen molar-refractivity contribution in [3.05, 3.63) is 29.8 Å². The second-order valence-corrected chi connectivity index (χ2v) is 5.38. The van der Waals surface area contributed by atoms with Crippen molar-refractivity contribution in [2.45, 2.75) is 51.6 Å². The van der Waals surface area contributed by atoms with Crippen molar-refractivity contribution in [1.29, 1.82) is 0 Å². The zero-order valence-corrected chi connectivity index (χ0v) is 12.4. The second kappa shape index (κ2) is 7.66. The van der Waals surface area contributed by atoms with E-state index in [2.05, 4.69) is 5.32 Å². The zero-order valence-electron chi connectivity index (χ0n) is 12.4. The van der Waals surface area contributed by atoms with Crippen molar-refractivity contribution in [1.82, 2.24) is 5.32 Å². The van der Waals surface area contributed by atoms with Crippen molar-refractivity contribution < 1.29 is 23.0 Å². The summed E-state index contributed by atoms with van der Waals surface area (Å²) < 4.78 is 42.1. The van der Waals surface area contributed by atoms with Crippen LogP contribution in [0.4, 0.5) is 13.2 Å². The van der Waals surface area contributed by atoms with Gasteiger partial charge in [-0.2, -0.15) is 13.2 Å². The van der Waals surface area contributed by atoms with E-state index in [1.807, 2.05) is 13.8 Å². The molecule has 120 valence electrons. The zero-order chi connectivity index (χ0) is 16.0. The number of nitrogens with one attached hydrogen (secondary N) is 1. The van der Waals surface area contributed by atoms with E-state index < -0.39 is 24.7 Å². The average molecular weight is 305 g/mol. The number of aliphatic hydroxyl groups is 1. The fraction of sp³-hybridized carbons (Fsp3) is 0.600. The average Bonchev–Trinajstić information content (AvgIpc) is 2.33. The molecule has 0 aliphatic rings. The molecule has 0 fully saturated rings. The Morgan fingerprint density at radius 3 is 2.48 bits per heavy atom. The molecular weight excluding hydrogens is 283 g/mol. The quantitative estimate of drug-likeness (QED) is 0.811. The molecule has 2 N–H and O–H groups in total. The largest absolute Gasteiger partial charge is 0.491 e. The van der Waals surface area contributed by atoms with Crippen molar-refractivity contribution in [3.63, 3.8) is 0 Å². The summed E-state index contributed by atoms with van der Waals surface area (Å²) in [5.74, 6) is 0.630. The van der Waals surface area contributed by atoms with Crippen LogP contribution in [0.15, 0.2) is 24.3 Å². The molecule has 1 rings (SSSR count). The molecule has 0 amide bonds. The molecular formula is C15H22F3NO2. The second-order valence-electron chi connectivity index (χ2n) is 5.38. The predicted octanol–water partition coefficient (Wildman–Crippen LogP) is 3.44. The van der Waals surface area contributed by atoms with Crippen LogP contribution in [0, 0.1) is 0 Å². The third-order valence-electron chi connectivity index (χ3n) is 2.81. The van der Waals surface area contributed by atoms with Crippen LogP contribution in [0.25, 0.3) is 0 Å². The van der Waals surface area contributed by atoms with Gasteiger partial charge in [0.15, 0.2) is 0 Å². The highest BCUT2D eigenvalue weighted by atomic mass is 19.4. The fourth-order valence-electron chi connectivity index (χ4n) is 1.92. The van der Waals surface area contributed by atoms with E-state index in [0.29, 0.717) is 11.3 Å². The molecule has 0 heterocycles. The molecule has 2 atom stereocenters. The summed E-state index contributed by atoms with van der Waals surface area (Å²) in [7, 11) is 0. The van der Waals surface area contributed by atoms with Gasteiger partial charge in [0.25, 0.3) is 0 Å². The molecule has 0 saturated carbocycles. The number of halogens is 3. The summed E-state index contributed by atoms with van der Waals surface area (Å²) in [5, 5.41) is 12.7. The van der Waals surface area contributed by atoms with E-state index in [1.165, 1.54) is 6.92 Å². The van der Waals surface area contributed by atoms with E-state index >= 15 is 0 Å². The lowest BCUT2D eigenvalue weighted by atomic mass is 10.1. The van der Waals surface area contributed by atoms with Gasteiger partial charge >= 0.3 is 6.18 Å². The minimum absolute atomic E-state index is 0.0160. The van der Waals surface area contributed by atoms with E-state index in [4.69, 9.17) is 4.74 Å².